The second-order valence-corrected chi connectivity index (χ2v) is 5.93. The van der Waals surface area contributed by atoms with Gasteiger partial charge in [0.1, 0.15) is 11.6 Å². The molecule has 0 saturated heterocycles. The lowest BCUT2D eigenvalue weighted by molar-refractivity contribution is -0.0999. The van der Waals surface area contributed by atoms with E-state index in [0.29, 0.717) is 11.6 Å². The van der Waals surface area contributed by atoms with Crippen molar-refractivity contribution in [2.75, 3.05) is 7.11 Å². The molecule has 2 nitrogen and oxygen atoms in total. The lowest BCUT2D eigenvalue weighted by atomic mass is 9.64. The second kappa shape index (κ2) is 5.17. The van der Waals surface area contributed by atoms with Gasteiger partial charge < -0.3 is 10.1 Å². The Morgan fingerprint density at radius 2 is 1.84 bits per heavy atom. The Kier molecular flexibility index (Phi) is 3.92. The van der Waals surface area contributed by atoms with Gasteiger partial charge in [-0.1, -0.05) is 13.8 Å². The molecule has 1 fully saturated rings. The Balaban J connectivity index is 2.04. The third-order valence-electron chi connectivity index (χ3n) is 4.30. The van der Waals surface area contributed by atoms with Gasteiger partial charge in [-0.15, -0.1) is 0 Å². The lowest BCUT2D eigenvalue weighted by Crippen LogP contribution is -2.60. The van der Waals surface area contributed by atoms with Gasteiger partial charge in [0.25, 0.3) is 0 Å². The number of hydrogen-bond donors (Lipinski definition) is 1. The molecule has 106 valence electrons. The van der Waals surface area contributed by atoms with Gasteiger partial charge in [-0.3, -0.25) is 0 Å². The van der Waals surface area contributed by atoms with E-state index in [1.807, 2.05) is 6.92 Å². The molecule has 0 heterocycles. The van der Waals surface area contributed by atoms with Crippen molar-refractivity contribution in [1.82, 2.24) is 5.32 Å². The van der Waals surface area contributed by atoms with E-state index >= 15 is 0 Å². The van der Waals surface area contributed by atoms with Crippen LogP contribution in [0.2, 0.25) is 0 Å². The fourth-order valence-electron chi connectivity index (χ4n) is 2.79. The third kappa shape index (κ3) is 2.79. The summed E-state index contributed by atoms with van der Waals surface area (Å²) in [5, 5.41) is 3.43. The predicted molar refractivity (Wildman–Crippen MR) is 70.9 cm³/mol. The van der Waals surface area contributed by atoms with Crippen LogP contribution in [0.1, 0.15) is 38.8 Å². The molecule has 1 saturated carbocycles. The molecule has 0 radical (unpaired) electrons. The topological polar surface area (TPSA) is 21.3 Å². The monoisotopic (exact) mass is 269 g/mol. The first-order valence-corrected chi connectivity index (χ1v) is 6.59. The van der Waals surface area contributed by atoms with Crippen molar-refractivity contribution >= 4 is 0 Å². The van der Waals surface area contributed by atoms with Crippen LogP contribution in [0, 0.1) is 17.0 Å². The average molecular weight is 269 g/mol. The minimum atomic E-state index is -0.536. The van der Waals surface area contributed by atoms with Crippen LogP contribution < -0.4 is 5.32 Å². The van der Waals surface area contributed by atoms with Gasteiger partial charge in [0, 0.05) is 30.7 Å². The molecule has 1 aromatic carbocycles. The zero-order valence-corrected chi connectivity index (χ0v) is 11.8. The zero-order valence-electron chi connectivity index (χ0n) is 11.8. The Morgan fingerprint density at radius 1 is 1.26 bits per heavy atom. The van der Waals surface area contributed by atoms with Crippen molar-refractivity contribution in [1.29, 1.82) is 0 Å². The molecule has 1 aromatic rings. The van der Waals surface area contributed by atoms with Crippen molar-refractivity contribution in [2.45, 2.75) is 45.4 Å². The third-order valence-corrected chi connectivity index (χ3v) is 4.30. The van der Waals surface area contributed by atoms with E-state index in [-0.39, 0.29) is 17.6 Å². The lowest BCUT2D eigenvalue weighted by Gasteiger charge is -2.52. The van der Waals surface area contributed by atoms with E-state index < -0.39 is 11.6 Å². The summed E-state index contributed by atoms with van der Waals surface area (Å²) < 4.78 is 31.8. The highest BCUT2D eigenvalue weighted by atomic mass is 19.1. The molecular formula is C15H21F2NO. The van der Waals surface area contributed by atoms with Gasteiger partial charge in [-0.05, 0) is 31.0 Å². The number of benzene rings is 1. The van der Waals surface area contributed by atoms with Crippen LogP contribution in [0.25, 0.3) is 0 Å². The maximum absolute atomic E-state index is 13.2. The van der Waals surface area contributed by atoms with E-state index in [1.54, 1.807) is 7.11 Å². The smallest absolute Gasteiger partial charge is 0.126 e. The largest absolute Gasteiger partial charge is 0.381 e. The van der Waals surface area contributed by atoms with Gasteiger partial charge in [0.15, 0.2) is 0 Å². The molecular weight excluding hydrogens is 248 g/mol. The van der Waals surface area contributed by atoms with E-state index in [4.69, 9.17) is 4.74 Å². The fourth-order valence-corrected chi connectivity index (χ4v) is 2.79. The number of rotatable bonds is 4. The summed E-state index contributed by atoms with van der Waals surface area (Å²) in [4.78, 5) is 0. The Bertz CT molecular complexity index is 441. The summed E-state index contributed by atoms with van der Waals surface area (Å²) in [6, 6.07) is 3.84. The molecule has 0 amide bonds. The maximum atomic E-state index is 13.2. The van der Waals surface area contributed by atoms with Crippen LogP contribution in [0.5, 0.6) is 0 Å². The van der Waals surface area contributed by atoms with Gasteiger partial charge >= 0.3 is 0 Å². The van der Waals surface area contributed by atoms with Crippen LogP contribution >= 0.6 is 0 Å². The number of nitrogens with one attached hydrogen (secondary N) is 1. The van der Waals surface area contributed by atoms with E-state index in [1.165, 1.54) is 12.1 Å². The maximum Gasteiger partial charge on any atom is 0.126 e. The van der Waals surface area contributed by atoms with Crippen LogP contribution in [0.15, 0.2) is 18.2 Å². The van der Waals surface area contributed by atoms with Gasteiger partial charge in [-0.25, -0.2) is 8.78 Å². The molecule has 0 spiro atoms. The standard InChI is InChI=1S/C15H21F2NO/c1-9(10-5-11(16)7-12(17)6-10)18-13-8-14(19-4)15(13,2)3/h5-7,9,13-14,18H,8H2,1-4H3. The SMILES string of the molecule is COC1CC(NC(C)c2cc(F)cc(F)c2)C1(C)C. The summed E-state index contributed by atoms with van der Waals surface area (Å²) in [6.07, 6.45) is 1.16. The van der Waals surface area contributed by atoms with Gasteiger partial charge in [-0.2, -0.15) is 0 Å². The van der Waals surface area contributed by atoms with Crippen LogP contribution in [-0.2, 0) is 4.74 Å². The second-order valence-electron chi connectivity index (χ2n) is 5.93. The first-order valence-electron chi connectivity index (χ1n) is 6.59. The fraction of sp³-hybridized carbons (Fsp3) is 0.600. The van der Waals surface area contributed by atoms with E-state index in [9.17, 15) is 8.78 Å². The Labute approximate surface area is 113 Å². The molecule has 1 aliphatic rings. The van der Waals surface area contributed by atoms with E-state index in [2.05, 4.69) is 19.2 Å². The zero-order chi connectivity index (χ0) is 14.2. The first kappa shape index (κ1) is 14.4. The molecule has 0 aromatic heterocycles. The minimum Gasteiger partial charge on any atom is -0.381 e. The summed E-state index contributed by atoms with van der Waals surface area (Å²) >= 11 is 0. The van der Waals surface area contributed by atoms with Crippen molar-refractivity contribution in [3.05, 3.63) is 35.4 Å². The van der Waals surface area contributed by atoms with Crippen LogP contribution in [0.3, 0.4) is 0 Å². The molecule has 0 bridgehead atoms. The van der Waals surface area contributed by atoms with Crippen molar-refractivity contribution in [2.24, 2.45) is 5.41 Å². The van der Waals surface area contributed by atoms with Crippen LogP contribution in [-0.4, -0.2) is 19.3 Å². The Hall–Kier alpha value is -1.00. The highest BCUT2D eigenvalue weighted by molar-refractivity contribution is 5.21. The number of halogens is 2. The highest BCUT2D eigenvalue weighted by Crippen LogP contribution is 2.43. The van der Waals surface area contributed by atoms with Crippen molar-refractivity contribution in [3.63, 3.8) is 0 Å². The summed E-state index contributed by atoms with van der Waals surface area (Å²) in [6.45, 7) is 6.20. The summed E-state index contributed by atoms with van der Waals surface area (Å²) in [7, 11) is 1.72. The summed E-state index contributed by atoms with van der Waals surface area (Å²) in [5.41, 5.74) is 0.670. The molecule has 3 unspecified atom stereocenters. The average Bonchev–Trinajstić information content (AvgIpc) is 2.32. The number of methoxy groups -OCH3 is 1. The highest BCUT2D eigenvalue weighted by Gasteiger charge is 2.48. The molecule has 3 atom stereocenters. The van der Waals surface area contributed by atoms with Crippen molar-refractivity contribution < 1.29 is 13.5 Å². The molecule has 0 aliphatic heterocycles. The first-order chi connectivity index (χ1) is 8.84. The van der Waals surface area contributed by atoms with Crippen molar-refractivity contribution in [3.8, 4) is 0 Å². The molecule has 19 heavy (non-hydrogen) atoms. The molecule has 2 rings (SSSR count). The van der Waals surface area contributed by atoms with Gasteiger partial charge in [0.2, 0.25) is 0 Å². The quantitative estimate of drug-likeness (QED) is 0.904. The predicted octanol–water partition coefficient (Wildman–Crippen LogP) is 3.43. The number of hydrogen-bond acceptors (Lipinski definition) is 2. The van der Waals surface area contributed by atoms with E-state index in [0.717, 1.165) is 12.5 Å². The molecule has 1 aliphatic carbocycles. The van der Waals surface area contributed by atoms with Gasteiger partial charge in [0.05, 0.1) is 6.10 Å². The summed E-state index contributed by atoms with van der Waals surface area (Å²) in [5.74, 6) is -1.07. The molecule has 1 N–H and O–H groups in total. The number of ether oxygens (including phenoxy) is 1. The Morgan fingerprint density at radius 3 is 2.32 bits per heavy atom. The van der Waals surface area contributed by atoms with Crippen LogP contribution in [0.4, 0.5) is 8.78 Å². The normalized spacial score (nSPS) is 26.8. The molecule has 4 heteroatoms. The minimum absolute atomic E-state index is 0.0366.